The Balaban J connectivity index is 2.62. The molecule has 1 aliphatic rings. The highest BCUT2D eigenvalue weighted by molar-refractivity contribution is 8.00. The van der Waals surface area contributed by atoms with Crippen LogP contribution >= 0.6 is 11.8 Å². The molecule has 0 radical (unpaired) electrons. The van der Waals surface area contributed by atoms with Crippen LogP contribution in [0.3, 0.4) is 0 Å². The lowest BCUT2D eigenvalue weighted by atomic mass is 9.95. The van der Waals surface area contributed by atoms with E-state index >= 15 is 0 Å². The molecule has 2 heteroatoms. The van der Waals surface area contributed by atoms with E-state index in [9.17, 15) is 0 Å². The SMILES string of the molecule is CCC(SCCO)C1=C(C)CCC=C1. The number of aliphatic hydroxyl groups is 1. The smallest absolute Gasteiger partial charge is 0.0521 e. The van der Waals surface area contributed by atoms with E-state index in [4.69, 9.17) is 5.11 Å². The lowest BCUT2D eigenvalue weighted by molar-refractivity contribution is 0.322. The highest BCUT2D eigenvalue weighted by Crippen LogP contribution is 2.30. The molecular formula is C12H20OS. The molecule has 14 heavy (non-hydrogen) atoms. The third kappa shape index (κ3) is 3.18. The zero-order valence-electron chi connectivity index (χ0n) is 9.12. The molecule has 0 aliphatic heterocycles. The van der Waals surface area contributed by atoms with Crippen LogP contribution in [0.2, 0.25) is 0 Å². The van der Waals surface area contributed by atoms with Gasteiger partial charge in [-0.1, -0.05) is 24.6 Å². The number of hydrogen-bond donors (Lipinski definition) is 1. The standard InChI is InChI=1S/C12H20OS/c1-3-12(14-9-8-13)11-7-5-4-6-10(11)2/h5,7,12-13H,3-4,6,8-9H2,1-2H3. The Bertz CT molecular complexity index is 230. The van der Waals surface area contributed by atoms with Gasteiger partial charge in [0.1, 0.15) is 0 Å². The predicted octanol–water partition coefficient (Wildman–Crippen LogP) is 3.16. The fourth-order valence-electron chi connectivity index (χ4n) is 1.80. The molecule has 1 nitrogen and oxygen atoms in total. The first-order valence-electron chi connectivity index (χ1n) is 5.38. The van der Waals surface area contributed by atoms with Crippen molar-refractivity contribution >= 4 is 11.8 Å². The zero-order chi connectivity index (χ0) is 10.4. The molecule has 80 valence electrons. The minimum Gasteiger partial charge on any atom is -0.396 e. The van der Waals surface area contributed by atoms with Gasteiger partial charge >= 0.3 is 0 Å². The number of allylic oxidation sites excluding steroid dienone is 3. The second kappa shape index (κ2) is 6.31. The van der Waals surface area contributed by atoms with E-state index in [1.54, 1.807) is 0 Å². The quantitative estimate of drug-likeness (QED) is 0.755. The van der Waals surface area contributed by atoms with Crippen molar-refractivity contribution in [2.45, 2.75) is 38.4 Å². The predicted molar refractivity (Wildman–Crippen MR) is 64.7 cm³/mol. The van der Waals surface area contributed by atoms with Crippen LogP contribution in [0.5, 0.6) is 0 Å². The van der Waals surface area contributed by atoms with Gasteiger partial charge in [-0.05, 0) is 31.8 Å². The Morgan fingerprint density at radius 2 is 2.36 bits per heavy atom. The van der Waals surface area contributed by atoms with Crippen LogP contribution < -0.4 is 0 Å². The highest BCUT2D eigenvalue weighted by Gasteiger charge is 2.14. The first-order valence-corrected chi connectivity index (χ1v) is 6.43. The topological polar surface area (TPSA) is 20.2 Å². The summed E-state index contributed by atoms with van der Waals surface area (Å²) in [6.07, 6.45) is 8.10. The minimum absolute atomic E-state index is 0.289. The van der Waals surface area contributed by atoms with Gasteiger partial charge in [-0.3, -0.25) is 0 Å². The molecule has 0 heterocycles. The molecule has 1 rings (SSSR count). The fraction of sp³-hybridized carbons (Fsp3) is 0.667. The number of aliphatic hydroxyl groups excluding tert-OH is 1. The maximum atomic E-state index is 8.82. The average Bonchev–Trinajstić information content (AvgIpc) is 2.21. The maximum Gasteiger partial charge on any atom is 0.0521 e. The maximum absolute atomic E-state index is 8.82. The number of rotatable bonds is 5. The first-order chi connectivity index (χ1) is 6.79. The molecule has 0 spiro atoms. The summed E-state index contributed by atoms with van der Waals surface area (Å²) in [6, 6.07) is 0. The van der Waals surface area contributed by atoms with E-state index < -0.39 is 0 Å². The van der Waals surface area contributed by atoms with Gasteiger partial charge in [0.2, 0.25) is 0 Å². The summed E-state index contributed by atoms with van der Waals surface area (Å²) >= 11 is 1.87. The van der Waals surface area contributed by atoms with E-state index in [1.807, 2.05) is 11.8 Å². The summed E-state index contributed by atoms with van der Waals surface area (Å²) in [5, 5.41) is 9.40. The summed E-state index contributed by atoms with van der Waals surface area (Å²) in [4.78, 5) is 0. The Labute approximate surface area is 91.3 Å². The van der Waals surface area contributed by atoms with Crippen LogP contribution in [-0.4, -0.2) is 22.7 Å². The van der Waals surface area contributed by atoms with E-state index in [1.165, 1.54) is 24.0 Å². The Kier molecular flexibility index (Phi) is 5.34. The molecule has 1 N–H and O–H groups in total. The highest BCUT2D eigenvalue weighted by atomic mass is 32.2. The minimum atomic E-state index is 0.289. The molecule has 0 saturated heterocycles. The van der Waals surface area contributed by atoms with Crippen LogP contribution in [0.4, 0.5) is 0 Å². The molecule has 0 saturated carbocycles. The van der Waals surface area contributed by atoms with E-state index in [0.29, 0.717) is 5.25 Å². The van der Waals surface area contributed by atoms with Crippen molar-refractivity contribution in [3.63, 3.8) is 0 Å². The van der Waals surface area contributed by atoms with E-state index in [0.717, 1.165) is 12.2 Å². The van der Waals surface area contributed by atoms with Gasteiger partial charge in [-0.2, -0.15) is 11.8 Å². The van der Waals surface area contributed by atoms with Gasteiger partial charge in [0.05, 0.1) is 6.61 Å². The third-order valence-corrected chi connectivity index (χ3v) is 4.01. The molecule has 1 unspecified atom stereocenters. The molecule has 0 fully saturated rings. The summed E-state index contributed by atoms with van der Waals surface area (Å²) in [5.74, 6) is 0.850. The van der Waals surface area contributed by atoms with Crippen molar-refractivity contribution < 1.29 is 5.11 Å². The fourth-order valence-corrected chi connectivity index (χ4v) is 2.89. The third-order valence-electron chi connectivity index (χ3n) is 2.60. The molecule has 0 amide bonds. The Morgan fingerprint density at radius 3 is 2.93 bits per heavy atom. The van der Waals surface area contributed by atoms with Gasteiger partial charge in [0, 0.05) is 11.0 Å². The summed E-state index contributed by atoms with van der Waals surface area (Å²) in [5.41, 5.74) is 3.03. The van der Waals surface area contributed by atoms with E-state index in [-0.39, 0.29) is 6.61 Å². The van der Waals surface area contributed by atoms with Gasteiger partial charge in [-0.25, -0.2) is 0 Å². The largest absolute Gasteiger partial charge is 0.396 e. The first kappa shape index (κ1) is 11.9. The zero-order valence-corrected chi connectivity index (χ0v) is 9.94. The average molecular weight is 212 g/mol. The lowest BCUT2D eigenvalue weighted by Crippen LogP contribution is -2.09. The molecule has 0 aromatic carbocycles. The van der Waals surface area contributed by atoms with E-state index in [2.05, 4.69) is 26.0 Å². The van der Waals surface area contributed by atoms with Gasteiger partial charge in [0.15, 0.2) is 0 Å². The van der Waals surface area contributed by atoms with Crippen molar-refractivity contribution in [3.05, 3.63) is 23.3 Å². The van der Waals surface area contributed by atoms with Crippen LogP contribution in [0.1, 0.15) is 33.1 Å². The van der Waals surface area contributed by atoms with Crippen molar-refractivity contribution in [1.29, 1.82) is 0 Å². The summed E-state index contributed by atoms with van der Waals surface area (Å²) < 4.78 is 0. The normalized spacial score (nSPS) is 18.8. The molecule has 0 aromatic heterocycles. The van der Waals surface area contributed by atoms with Crippen molar-refractivity contribution in [3.8, 4) is 0 Å². The monoisotopic (exact) mass is 212 g/mol. The van der Waals surface area contributed by atoms with Gasteiger partial charge in [0.25, 0.3) is 0 Å². The molecule has 1 atom stereocenters. The van der Waals surface area contributed by atoms with Crippen molar-refractivity contribution in [2.24, 2.45) is 0 Å². The molecule has 1 aliphatic carbocycles. The van der Waals surface area contributed by atoms with Crippen LogP contribution in [0.15, 0.2) is 23.3 Å². The second-order valence-electron chi connectivity index (χ2n) is 3.67. The van der Waals surface area contributed by atoms with Crippen molar-refractivity contribution in [2.75, 3.05) is 12.4 Å². The summed E-state index contributed by atoms with van der Waals surface area (Å²) in [6.45, 7) is 4.75. The van der Waals surface area contributed by atoms with Crippen LogP contribution in [0, 0.1) is 0 Å². The lowest BCUT2D eigenvalue weighted by Gasteiger charge is -2.21. The molecular weight excluding hydrogens is 192 g/mol. The summed E-state index contributed by atoms with van der Waals surface area (Å²) in [7, 11) is 0. The molecule has 0 bridgehead atoms. The van der Waals surface area contributed by atoms with Gasteiger partial charge in [-0.15, -0.1) is 0 Å². The van der Waals surface area contributed by atoms with Gasteiger partial charge < -0.3 is 5.11 Å². The number of hydrogen-bond acceptors (Lipinski definition) is 2. The van der Waals surface area contributed by atoms with Crippen LogP contribution in [0.25, 0.3) is 0 Å². The molecule has 0 aromatic rings. The number of thioether (sulfide) groups is 1. The Hall–Kier alpha value is -0.210. The second-order valence-corrected chi connectivity index (χ2v) is 4.98. The van der Waals surface area contributed by atoms with Crippen molar-refractivity contribution in [1.82, 2.24) is 0 Å². The Morgan fingerprint density at radius 1 is 1.57 bits per heavy atom. The van der Waals surface area contributed by atoms with Crippen LogP contribution in [-0.2, 0) is 0 Å².